The van der Waals surface area contributed by atoms with Gasteiger partial charge in [0.15, 0.2) is 0 Å². The molecule has 0 spiro atoms. The van der Waals surface area contributed by atoms with Crippen molar-refractivity contribution in [1.82, 2.24) is 10.0 Å². The van der Waals surface area contributed by atoms with Gasteiger partial charge < -0.3 is 10.1 Å². The Hall–Kier alpha value is -0.470. The highest BCUT2D eigenvalue weighted by Crippen LogP contribution is 2.27. The number of aryl methyl sites for hydroxylation is 1. The van der Waals surface area contributed by atoms with Crippen molar-refractivity contribution in [3.8, 4) is 0 Å². The molecule has 0 saturated heterocycles. The highest BCUT2D eigenvalue weighted by atomic mass is 79.9. The Balaban J connectivity index is 2.86. The third-order valence-corrected chi connectivity index (χ3v) is 5.82. The molecule has 2 N–H and O–H groups in total. The number of benzene rings is 1. The minimum atomic E-state index is -3.51. The Morgan fingerprint density at radius 1 is 1.29 bits per heavy atom. The van der Waals surface area contributed by atoms with Crippen molar-refractivity contribution in [2.75, 3.05) is 27.3 Å². The van der Waals surface area contributed by atoms with Gasteiger partial charge in [0.25, 0.3) is 0 Å². The van der Waals surface area contributed by atoms with Crippen molar-refractivity contribution >= 4 is 26.0 Å². The van der Waals surface area contributed by atoms with Gasteiger partial charge in [0, 0.05) is 31.3 Å². The molecule has 0 atom stereocenters. The summed E-state index contributed by atoms with van der Waals surface area (Å²) in [4.78, 5) is 0.291. The summed E-state index contributed by atoms with van der Waals surface area (Å²) in [5.74, 6) is 0. The number of hydrogen-bond donors (Lipinski definition) is 2. The summed E-state index contributed by atoms with van der Waals surface area (Å²) in [6.45, 7) is 3.57. The van der Waals surface area contributed by atoms with E-state index in [0.717, 1.165) is 24.0 Å². The summed E-state index contributed by atoms with van der Waals surface area (Å²) in [5.41, 5.74) is 1.85. The number of unbranched alkanes of at least 4 members (excludes halogenated alkanes) is 1. The average Bonchev–Trinajstić information content (AvgIpc) is 2.42. The van der Waals surface area contributed by atoms with Gasteiger partial charge in [-0.1, -0.05) is 6.07 Å². The molecule has 1 rings (SSSR count). The Kier molecular flexibility index (Phi) is 7.83. The van der Waals surface area contributed by atoms with Gasteiger partial charge in [0.05, 0.1) is 4.90 Å². The molecule has 0 unspecified atom stereocenters. The topological polar surface area (TPSA) is 67.4 Å². The number of methoxy groups -OCH3 is 1. The Labute approximate surface area is 135 Å². The second-order valence-electron chi connectivity index (χ2n) is 4.85. The van der Waals surface area contributed by atoms with Crippen molar-refractivity contribution in [2.24, 2.45) is 0 Å². The predicted molar refractivity (Wildman–Crippen MR) is 87.9 cm³/mol. The van der Waals surface area contributed by atoms with Crippen LogP contribution in [0.15, 0.2) is 21.5 Å². The van der Waals surface area contributed by atoms with Crippen LogP contribution in [0.1, 0.15) is 24.0 Å². The molecule has 0 fully saturated rings. The van der Waals surface area contributed by atoms with Gasteiger partial charge in [0.1, 0.15) is 0 Å². The zero-order valence-electron chi connectivity index (χ0n) is 12.7. The maximum Gasteiger partial charge on any atom is 0.241 e. The Bertz CT molecular complexity index is 562. The molecule has 0 aliphatic rings. The molecule has 0 radical (unpaired) electrons. The van der Waals surface area contributed by atoms with Crippen LogP contribution in [0.25, 0.3) is 0 Å². The monoisotopic (exact) mass is 378 g/mol. The van der Waals surface area contributed by atoms with E-state index < -0.39 is 10.0 Å². The molecule has 0 heterocycles. The lowest BCUT2D eigenvalue weighted by Gasteiger charge is -2.12. The van der Waals surface area contributed by atoms with E-state index in [4.69, 9.17) is 4.74 Å². The van der Waals surface area contributed by atoms with Crippen LogP contribution < -0.4 is 10.0 Å². The number of sulfonamides is 1. The fraction of sp³-hybridized carbons (Fsp3) is 0.571. The molecule has 21 heavy (non-hydrogen) atoms. The normalized spacial score (nSPS) is 11.8. The molecule has 0 aliphatic heterocycles. The number of hydrogen-bond acceptors (Lipinski definition) is 4. The molecule has 0 saturated carbocycles. The highest BCUT2D eigenvalue weighted by Gasteiger charge is 2.19. The molecule has 120 valence electrons. The molecule has 7 heteroatoms. The van der Waals surface area contributed by atoms with Crippen LogP contribution in [0.4, 0.5) is 0 Å². The summed E-state index contributed by atoms with van der Waals surface area (Å²) in [6, 6.07) is 3.67. The third-order valence-electron chi connectivity index (χ3n) is 3.02. The Morgan fingerprint density at radius 2 is 2.00 bits per heavy atom. The summed E-state index contributed by atoms with van der Waals surface area (Å²) >= 11 is 3.38. The first-order chi connectivity index (χ1) is 9.92. The molecule has 0 bridgehead atoms. The van der Waals surface area contributed by atoms with Crippen molar-refractivity contribution < 1.29 is 13.2 Å². The van der Waals surface area contributed by atoms with Crippen LogP contribution in [-0.2, 0) is 21.3 Å². The first-order valence-electron chi connectivity index (χ1n) is 6.84. The quantitative estimate of drug-likeness (QED) is 0.646. The van der Waals surface area contributed by atoms with Gasteiger partial charge in [-0.15, -0.1) is 0 Å². The SMILES string of the molecule is CNCc1cc(C)c(Br)c(S(=O)(=O)NCCCCOC)c1. The molecule has 0 aromatic heterocycles. The highest BCUT2D eigenvalue weighted by molar-refractivity contribution is 9.10. The number of rotatable bonds is 9. The largest absolute Gasteiger partial charge is 0.385 e. The van der Waals surface area contributed by atoms with Crippen molar-refractivity contribution in [3.05, 3.63) is 27.7 Å². The summed E-state index contributed by atoms with van der Waals surface area (Å²) < 4.78 is 33.0. The molecule has 1 aromatic carbocycles. The first kappa shape index (κ1) is 18.6. The van der Waals surface area contributed by atoms with Gasteiger partial charge in [-0.2, -0.15) is 0 Å². The molecule has 0 amide bonds. The minimum Gasteiger partial charge on any atom is -0.385 e. The summed E-state index contributed by atoms with van der Waals surface area (Å²) in [6.07, 6.45) is 1.58. The summed E-state index contributed by atoms with van der Waals surface area (Å²) in [7, 11) is -0.0377. The molecule has 0 aliphatic carbocycles. The van der Waals surface area contributed by atoms with Gasteiger partial charge >= 0.3 is 0 Å². The van der Waals surface area contributed by atoms with Crippen LogP contribution in [-0.4, -0.2) is 35.7 Å². The van der Waals surface area contributed by atoms with Crippen LogP contribution in [0, 0.1) is 6.92 Å². The van der Waals surface area contributed by atoms with Crippen molar-refractivity contribution in [3.63, 3.8) is 0 Å². The van der Waals surface area contributed by atoms with E-state index in [9.17, 15) is 8.42 Å². The van der Waals surface area contributed by atoms with Gasteiger partial charge in [-0.25, -0.2) is 13.1 Å². The lowest BCUT2D eigenvalue weighted by atomic mass is 10.1. The first-order valence-corrected chi connectivity index (χ1v) is 9.12. The number of halogens is 1. The minimum absolute atomic E-state index is 0.291. The van der Waals surface area contributed by atoms with Crippen LogP contribution in [0.3, 0.4) is 0 Å². The van der Waals surface area contributed by atoms with E-state index in [-0.39, 0.29) is 0 Å². The fourth-order valence-electron chi connectivity index (χ4n) is 1.97. The zero-order valence-corrected chi connectivity index (χ0v) is 15.1. The van der Waals surface area contributed by atoms with E-state index >= 15 is 0 Å². The second-order valence-corrected chi connectivity index (χ2v) is 7.38. The lowest BCUT2D eigenvalue weighted by molar-refractivity contribution is 0.193. The van der Waals surface area contributed by atoms with Crippen LogP contribution in [0.2, 0.25) is 0 Å². The van der Waals surface area contributed by atoms with E-state index in [1.54, 1.807) is 13.2 Å². The lowest BCUT2D eigenvalue weighted by Crippen LogP contribution is -2.26. The van der Waals surface area contributed by atoms with E-state index in [2.05, 4.69) is 26.0 Å². The predicted octanol–water partition coefficient (Wildman–Crippen LogP) is 2.18. The number of ether oxygens (including phenoxy) is 1. The molecule has 1 aromatic rings. The standard InChI is InChI=1S/C14H23BrN2O3S/c1-11-8-12(10-16-2)9-13(14(11)15)21(18,19)17-6-4-5-7-20-3/h8-9,16-17H,4-7,10H2,1-3H3. The molecule has 5 nitrogen and oxygen atoms in total. The van der Waals surface area contributed by atoms with Crippen LogP contribution >= 0.6 is 15.9 Å². The maximum atomic E-state index is 12.4. The third kappa shape index (κ3) is 5.67. The van der Waals surface area contributed by atoms with Gasteiger partial charge in [-0.3, -0.25) is 0 Å². The van der Waals surface area contributed by atoms with Crippen molar-refractivity contribution in [2.45, 2.75) is 31.2 Å². The molecular weight excluding hydrogens is 356 g/mol. The van der Waals surface area contributed by atoms with E-state index in [1.807, 2.05) is 20.0 Å². The number of nitrogens with one attached hydrogen (secondary N) is 2. The van der Waals surface area contributed by atoms with Crippen LogP contribution in [0.5, 0.6) is 0 Å². The van der Waals surface area contributed by atoms with E-state index in [0.29, 0.717) is 29.1 Å². The zero-order chi connectivity index (χ0) is 15.9. The fourth-order valence-corrected chi connectivity index (χ4v) is 4.11. The maximum absolute atomic E-state index is 12.4. The average molecular weight is 379 g/mol. The Morgan fingerprint density at radius 3 is 2.62 bits per heavy atom. The van der Waals surface area contributed by atoms with Crippen molar-refractivity contribution in [1.29, 1.82) is 0 Å². The van der Waals surface area contributed by atoms with Gasteiger partial charge in [0.2, 0.25) is 10.0 Å². The molecular formula is C14H23BrN2O3S. The van der Waals surface area contributed by atoms with Gasteiger partial charge in [-0.05, 0) is 59.9 Å². The second kappa shape index (κ2) is 8.85. The summed E-state index contributed by atoms with van der Waals surface area (Å²) in [5, 5.41) is 3.03. The van der Waals surface area contributed by atoms with E-state index in [1.165, 1.54) is 0 Å². The smallest absolute Gasteiger partial charge is 0.241 e.